The first-order valence-corrected chi connectivity index (χ1v) is 11.8. The van der Waals surface area contributed by atoms with E-state index < -0.39 is 0 Å². The molecule has 1 fully saturated rings. The topological polar surface area (TPSA) is 80.1 Å². The molecule has 1 aromatic heterocycles. The molecule has 1 aliphatic heterocycles. The quantitative estimate of drug-likeness (QED) is 0.637. The summed E-state index contributed by atoms with van der Waals surface area (Å²) in [4.78, 5) is 13.4. The summed E-state index contributed by atoms with van der Waals surface area (Å²) in [6.07, 6.45) is 1.75. The number of nitrogens with zero attached hydrogens (tertiary/aromatic N) is 5. The van der Waals surface area contributed by atoms with Crippen LogP contribution in [0.1, 0.15) is 51.6 Å². The highest BCUT2D eigenvalue weighted by atomic mass is 15.2. The van der Waals surface area contributed by atoms with Crippen molar-refractivity contribution in [2.75, 3.05) is 56.5 Å². The average molecular weight is 450 g/mol. The maximum Gasteiger partial charge on any atom is 0.234 e. The Morgan fingerprint density at radius 3 is 2.27 bits per heavy atom. The van der Waals surface area contributed by atoms with Gasteiger partial charge in [-0.05, 0) is 30.2 Å². The van der Waals surface area contributed by atoms with E-state index in [0.29, 0.717) is 6.54 Å². The third-order valence-electron chi connectivity index (χ3n) is 6.15. The van der Waals surface area contributed by atoms with Gasteiger partial charge in [-0.15, -0.1) is 0 Å². The normalized spacial score (nSPS) is 15.4. The van der Waals surface area contributed by atoms with E-state index in [0.717, 1.165) is 50.6 Å². The Bertz CT molecular complexity index is 946. The summed E-state index contributed by atoms with van der Waals surface area (Å²) in [7, 11) is 2.18. The van der Waals surface area contributed by atoms with Crippen LogP contribution in [0.3, 0.4) is 0 Å². The zero-order valence-electron chi connectivity index (χ0n) is 21.1. The van der Waals surface area contributed by atoms with Crippen molar-refractivity contribution in [1.29, 1.82) is 5.26 Å². The number of nitriles is 1. The standard InChI is InChI=1S/C26H39N7/c1-25(2,3)18-30-24-20(17-29-23(15-27)31-24)16-28-19-26(4,5)21-7-9-22(10-8-21)33-13-11-32(6)12-14-33/h7-10,17,28H,11-14,16,18-19H2,1-6H3,(H,29,30,31). The van der Waals surface area contributed by atoms with Gasteiger partial charge >= 0.3 is 0 Å². The molecular formula is C26H39N7. The third kappa shape index (κ3) is 7.15. The van der Waals surface area contributed by atoms with E-state index in [4.69, 9.17) is 0 Å². The van der Waals surface area contributed by atoms with Crippen molar-refractivity contribution >= 4 is 11.5 Å². The third-order valence-corrected chi connectivity index (χ3v) is 6.15. The maximum atomic E-state index is 9.18. The second-order valence-corrected chi connectivity index (χ2v) is 10.9. The van der Waals surface area contributed by atoms with Crippen LogP contribution in [-0.4, -0.2) is 61.2 Å². The molecule has 0 saturated carbocycles. The van der Waals surface area contributed by atoms with Crippen molar-refractivity contribution in [3.05, 3.63) is 47.4 Å². The summed E-state index contributed by atoms with van der Waals surface area (Å²) in [5.74, 6) is 0.925. The van der Waals surface area contributed by atoms with Gasteiger partial charge in [-0.25, -0.2) is 9.97 Å². The Morgan fingerprint density at radius 1 is 1.00 bits per heavy atom. The smallest absolute Gasteiger partial charge is 0.234 e. The van der Waals surface area contributed by atoms with Crippen LogP contribution in [0, 0.1) is 16.7 Å². The summed E-state index contributed by atoms with van der Waals surface area (Å²) >= 11 is 0. The fraction of sp³-hybridized carbons (Fsp3) is 0.577. The molecule has 178 valence electrons. The molecule has 1 aromatic carbocycles. The number of rotatable bonds is 8. The van der Waals surface area contributed by atoms with Crippen LogP contribution in [0.4, 0.5) is 11.5 Å². The maximum absolute atomic E-state index is 9.18. The van der Waals surface area contributed by atoms with Crippen LogP contribution in [0.15, 0.2) is 30.5 Å². The van der Waals surface area contributed by atoms with Gasteiger partial charge in [0.1, 0.15) is 11.9 Å². The Kier molecular flexibility index (Phi) is 7.93. The lowest BCUT2D eigenvalue weighted by Gasteiger charge is -2.34. The molecule has 1 saturated heterocycles. The largest absolute Gasteiger partial charge is 0.369 e. The van der Waals surface area contributed by atoms with Gasteiger partial charge in [-0.3, -0.25) is 0 Å². The number of nitrogens with one attached hydrogen (secondary N) is 2. The van der Waals surface area contributed by atoms with Crippen molar-refractivity contribution in [2.45, 2.75) is 46.6 Å². The van der Waals surface area contributed by atoms with Gasteiger partial charge in [0.2, 0.25) is 5.82 Å². The highest BCUT2D eigenvalue weighted by Crippen LogP contribution is 2.26. The molecule has 2 heterocycles. The van der Waals surface area contributed by atoms with E-state index >= 15 is 0 Å². The molecule has 0 atom stereocenters. The monoisotopic (exact) mass is 449 g/mol. The minimum atomic E-state index is -0.0207. The van der Waals surface area contributed by atoms with Gasteiger partial charge in [-0.1, -0.05) is 46.8 Å². The highest BCUT2D eigenvalue weighted by Gasteiger charge is 2.22. The average Bonchev–Trinajstić information content (AvgIpc) is 2.78. The number of aromatic nitrogens is 2. The molecular weight excluding hydrogens is 410 g/mol. The van der Waals surface area contributed by atoms with Gasteiger partial charge in [-0.2, -0.15) is 5.26 Å². The SMILES string of the molecule is CN1CCN(c2ccc(C(C)(C)CNCc3cnc(C#N)nc3NCC(C)(C)C)cc2)CC1. The highest BCUT2D eigenvalue weighted by molar-refractivity contribution is 5.49. The van der Waals surface area contributed by atoms with Crippen LogP contribution >= 0.6 is 0 Å². The molecule has 3 rings (SSSR count). The van der Waals surface area contributed by atoms with E-state index in [2.05, 4.69) is 96.3 Å². The van der Waals surface area contributed by atoms with Crippen molar-refractivity contribution in [1.82, 2.24) is 20.2 Å². The molecule has 7 nitrogen and oxygen atoms in total. The van der Waals surface area contributed by atoms with Crippen molar-refractivity contribution < 1.29 is 0 Å². The molecule has 0 spiro atoms. The number of anilines is 2. The predicted octanol–water partition coefficient (Wildman–Crippen LogP) is 3.63. The first kappa shape index (κ1) is 24.9. The molecule has 0 bridgehead atoms. The number of piperazine rings is 1. The minimum Gasteiger partial charge on any atom is -0.369 e. The number of likely N-dealkylation sites (N-methyl/N-ethyl adjacent to an activating group) is 1. The van der Waals surface area contributed by atoms with Gasteiger partial charge < -0.3 is 20.4 Å². The van der Waals surface area contributed by atoms with Crippen molar-refractivity contribution in [2.24, 2.45) is 5.41 Å². The Balaban J connectivity index is 1.61. The molecule has 2 N–H and O–H groups in total. The zero-order chi connectivity index (χ0) is 24.1. The van der Waals surface area contributed by atoms with Crippen molar-refractivity contribution in [3.8, 4) is 6.07 Å². The molecule has 1 aliphatic rings. The summed E-state index contributed by atoms with van der Waals surface area (Å²) in [5, 5.41) is 16.2. The first-order valence-electron chi connectivity index (χ1n) is 11.8. The Hall–Kier alpha value is -2.69. The Morgan fingerprint density at radius 2 is 1.67 bits per heavy atom. The van der Waals surface area contributed by atoms with E-state index in [-0.39, 0.29) is 16.7 Å². The first-order chi connectivity index (χ1) is 15.6. The zero-order valence-corrected chi connectivity index (χ0v) is 21.1. The van der Waals surface area contributed by atoms with Gasteiger partial charge in [0.05, 0.1) is 0 Å². The summed E-state index contributed by atoms with van der Waals surface area (Å²) in [5.41, 5.74) is 3.68. The Labute approximate surface area is 199 Å². The van der Waals surface area contributed by atoms with Crippen LogP contribution in [-0.2, 0) is 12.0 Å². The van der Waals surface area contributed by atoms with Gasteiger partial charge in [0.25, 0.3) is 0 Å². The van der Waals surface area contributed by atoms with Crippen LogP contribution in [0.25, 0.3) is 0 Å². The molecule has 2 aromatic rings. The lowest BCUT2D eigenvalue weighted by Crippen LogP contribution is -2.44. The fourth-order valence-corrected chi connectivity index (χ4v) is 3.89. The predicted molar refractivity (Wildman–Crippen MR) is 136 cm³/mol. The van der Waals surface area contributed by atoms with Gasteiger partial charge in [0, 0.05) is 68.7 Å². The molecule has 7 heteroatoms. The lowest BCUT2D eigenvalue weighted by molar-refractivity contribution is 0.313. The van der Waals surface area contributed by atoms with E-state index in [1.165, 1.54) is 11.3 Å². The molecule has 0 amide bonds. The summed E-state index contributed by atoms with van der Waals surface area (Å²) < 4.78 is 0. The summed E-state index contributed by atoms with van der Waals surface area (Å²) in [6.45, 7) is 17.7. The summed E-state index contributed by atoms with van der Waals surface area (Å²) in [6, 6.07) is 11.1. The minimum absolute atomic E-state index is 0.0207. The lowest BCUT2D eigenvalue weighted by atomic mass is 9.84. The molecule has 0 radical (unpaired) electrons. The van der Waals surface area contributed by atoms with Crippen LogP contribution in [0.2, 0.25) is 0 Å². The van der Waals surface area contributed by atoms with E-state index in [1.807, 2.05) is 6.07 Å². The van der Waals surface area contributed by atoms with E-state index in [1.54, 1.807) is 6.20 Å². The number of hydrogen-bond donors (Lipinski definition) is 2. The number of benzene rings is 1. The molecule has 0 aliphatic carbocycles. The number of hydrogen-bond acceptors (Lipinski definition) is 7. The second-order valence-electron chi connectivity index (χ2n) is 10.9. The van der Waals surface area contributed by atoms with Crippen LogP contribution < -0.4 is 15.5 Å². The fourth-order valence-electron chi connectivity index (χ4n) is 3.89. The van der Waals surface area contributed by atoms with Gasteiger partial charge in [0.15, 0.2) is 0 Å². The van der Waals surface area contributed by atoms with Crippen LogP contribution in [0.5, 0.6) is 0 Å². The van der Waals surface area contributed by atoms with Crippen molar-refractivity contribution in [3.63, 3.8) is 0 Å². The molecule has 0 unspecified atom stereocenters. The molecule has 33 heavy (non-hydrogen) atoms. The second kappa shape index (κ2) is 10.5. The van der Waals surface area contributed by atoms with E-state index in [9.17, 15) is 5.26 Å².